The fourth-order valence-electron chi connectivity index (χ4n) is 2.71. The lowest BCUT2D eigenvalue weighted by atomic mass is 10.1. The van der Waals surface area contributed by atoms with E-state index in [1.54, 1.807) is 0 Å². The quantitative estimate of drug-likeness (QED) is 0.624. The van der Waals surface area contributed by atoms with Crippen LogP contribution >= 0.6 is 12.2 Å². The second-order valence-electron chi connectivity index (χ2n) is 4.98. The Hall–Kier alpha value is -0.940. The lowest BCUT2D eigenvalue weighted by Gasteiger charge is -2.28. The number of ether oxygens (including phenoxy) is 1. The Kier molecular flexibility index (Phi) is 3.61. The predicted octanol–water partition coefficient (Wildman–Crippen LogP) is 2.24. The van der Waals surface area contributed by atoms with Crippen LogP contribution in [0.4, 0.5) is 5.95 Å². The van der Waals surface area contributed by atoms with Gasteiger partial charge in [-0.3, -0.25) is 0 Å². The van der Waals surface area contributed by atoms with Crippen LogP contribution in [0.2, 0.25) is 0 Å². The minimum Gasteiger partial charge on any atom is -0.378 e. The van der Waals surface area contributed by atoms with Crippen LogP contribution in [0.15, 0.2) is 0 Å². The standard InChI is InChI=1S/C13H19N3OS/c18-12-10-4-2-1-3-5-11(10)14-13(15-12)16-6-8-17-9-7-16/h1-9H2,(H,14,15,18). The maximum Gasteiger partial charge on any atom is 0.204 e. The lowest BCUT2D eigenvalue weighted by Crippen LogP contribution is -2.37. The van der Waals surface area contributed by atoms with Gasteiger partial charge in [0.1, 0.15) is 4.64 Å². The van der Waals surface area contributed by atoms with Crippen molar-refractivity contribution in [1.29, 1.82) is 0 Å². The molecule has 1 aliphatic heterocycles. The third-order valence-electron chi connectivity index (χ3n) is 3.76. The van der Waals surface area contributed by atoms with E-state index in [2.05, 4.69) is 14.9 Å². The van der Waals surface area contributed by atoms with Crippen molar-refractivity contribution in [3.05, 3.63) is 15.9 Å². The molecule has 0 unspecified atom stereocenters. The smallest absolute Gasteiger partial charge is 0.204 e. The van der Waals surface area contributed by atoms with Gasteiger partial charge in [-0.15, -0.1) is 0 Å². The van der Waals surface area contributed by atoms with E-state index in [1.807, 2.05) is 0 Å². The van der Waals surface area contributed by atoms with Gasteiger partial charge < -0.3 is 14.6 Å². The summed E-state index contributed by atoms with van der Waals surface area (Å²) in [7, 11) is 0. The van der Waals surface area contributed by atoms with E-state index in [-0.39, 0.29) is 0 Å². The highest BCUT2D eigenvalue weighted by molar-refractivity contribution is 7.71. The first-order valence-corrected chi connectivity index (χ1v) is 7.20. The van der Waals surface area contributed by atoms with Crippen molar-refractivity contribution in [2.24, 2.45) is 0 Å². The molecule has 0 amide bonds. The molecule has 0 aromatic carbocycles. The molecule has 98 valence electrons. The molecule has 1 saturated heterocycles. The van der Waals surface area contributed by atoms with E-state index in [9.17, 15) is 0 Å². The van der Waals surface area contributed by atoms with Crippen LogP contribution in [0.1, 0.15) is 30.5 Å². The van der Waals surface area contributed by atoms with Crippen LogP contribution in [0.5, 0.6) is 0 Å². The molecule has 1 aliphatic carbocycles. The number of rotatable bonds is 1. The van der Waals surface area contributed by atoms with Crippen LogP contribution in [0.3, 0.4) is 0 Å². The van der Waals surface area contributed by atoms with Gasteiger partial charge in [0.15, 0.2) is 0 Å². The summed E-state index contributed by atoms with van der Waals surface area (Å²) in [4.78, 5) is 10.3. The topological polar surface area (TPSA) is 41.2 Å². The van der Waals surface area contributed by atoms with E-state index in [0.29, 0.717) is 0 Å². The average Bonchev–Trinajstić information content (AvgIpc) is 2.65. The molecule has 18 heavy (non-hydrogen) atoms. The minimum atomic E-state index is 0.777. The van der Waals surface area contributed by atoms with Gasteiger partial charge in [0.2, 0.25) is 5.95 Å². The first-order chi connectivity index (χ1) is 8.84. The summed E-state index contributed by atoms with van der Waals surface area (Å²) < 4.78 is 6.17. The molecular formula is C13H19N3OS. The molecule has 2 aliphatic rings. The molecule has 1 N–H and O–H groups in total. The number of aromatic nitrogens is 2. The molecule has 0 spiro atoms. The molecule has 2 heterocycles. The first kappa shape index (κ1) is 12.1. The van der Waals surface area contributed by atoms with Gasteiger partial charge in [-0.1, -0.05) is 18.6 Å². The zero-order valence-electron chi connectivity index (χ0n) is 10.6. The second-order valence-corrected chi connectivity index (χ2v) is 5.37. The van der Waals surface area contributed by atoms with Crippen LogP contribution in [0.25, 0.3) is 0 Å². The highest BCUT2D eigenvalue weighted by Gasteiger charge is 2.17. The third kappa shape index (κ3) is 2.42. The van der Waals surface area contributed by atoms with E-state index >= 15 is 0 Å². The van der Waals surface area contributed by atoms with Gasteiger partial charge in [0.25, 0.3) is 0 Å². The van der Waals surface area contributed by atoms with Crippen molar-refractivity contribution in [2.45, 2.75) is 32.1 Å². The van der Waals surface area contributed by atoms with Crippen LogP contribution in [-0.2, 0) is 17.6 Å². The normalized spacial score (nSPS) is 20.3. The fourth-order valence-corrected chi connectivity index (χ4v) is 3.02. The van der Waals surface area contributed by atoms with E-state index in [4.69, 9.17) is 17.0 Å². The number of hydrogen-bond acceptors (Lipinski definition) is 4. The molecule has 0 saturated carbocycles. The number of H-pyrrole nitrogens is 1. The SMILES string of the molecule is S=c1nc(N2CCOCC2)[nH]c2c1CCCCC2. The maximum absolute atomic E-state index is 5.47. The Morgan fingerprint density at radius 2 is 1.89 bits per heavy atom. The summed E-state index contributed by atoms with van der Waals surface area (Å²) >= 11 is 5.47. The summed E-state index contributed by atoms with van der Waals surface area (Å²) in [6.45, 7) is 3.35. The maximum atomic E-state index is 5.47. The Morgan fingerprint density at radius 3 is 2.72 bits per heavy atom. The van der Waals surface area contributed by atoms with Gasteiger partial charge in [-0.25, -0.2) is 4.98 Å². The highest BCUT2D eigenvalue weighted by Crippen LogP contribution is 2.22. The second kappa shape index (κ2) is 5.36. The number of aryl methyl sites for hydroxylation is 1. The van der Waals surface area contributed by atoms with Crippen molar-refractivity contribution in [1.82, 2.24) is 9.97 Å². The van der Waals surface area contributed by atoms with E-state index < -0.39 is 0 Å². The summed E-state index contributed by atoms with van der Waals surface area (Å²) in [5.74, 6) is 0.934. The van der Waals surface area contributed by atoms with E-state index in [1.165, 1.54) is 30.5 Å². The monoisotopic (exact) mass is 265 g/mol. The molecule has 0 bridgehead atoms. The van der Waals surface area contributed by atoms with Gasteiger partial charge in [-0.05, 0) is 25.7 Å². The molecular weight excluding hydrogens is 246 g/mol. The molecule has 3 rings (SSSR count). The first-order valence-electron chi connectivity index (χ1n) is 6.79. The molecule has 1 aromatic heterocycles. The zero-order valence-corrected chi connectivity index (χ0v) is 11.4. The Balaban J connectivity index is 1.94. The van der Waals surface area contributed by atoms with Crippen LogP contribution in [-0.4, -0.2) is 36.3 Å². The molecule has 5 heteroatoms. The Morgan fingerprint density at radius 1 is 1.11 bits per heavy atom. The lowest BCUT2D eigenvalue weighted by molar-refractivity contribution is 0.122. The van der Waals surface area contributed by atoms with Crippen molar-refractivity contribution in [3.63, 3.8) is 0 Å². The van der Waals surface area contributed by atoms with Crippen molar-refractivity contribution < 1.29 is 4.74 Å². The number of nitrogens with one attached hydrogen (secondary N) is 1. The molecule has 0 atom stereocenters. The number of morpholine rings is 1. The van der Waals surface area contributed by atoms with Crippen LogP contribution < -0.4 is 4.90 Å². The van der Waals surface area contributed by atoms with Crippen molar-refractivity contribution in [3.8, 4) is 0 Å². The van der Waals surface area contributed by atoms with Gasteiger partial charge in [0.05, 0.1) is 13.2 Å². The average molecular weight is 265 g/mol. The number of aromatic amines is 1. The van der Waals surface area contributed by atoms with Crippen LogP contribution in [0, 0.1) is 4.64 Å². The molecule has 1 fully saturated rings. The summed E-state index contributed by atoms with van der Waals surface area (Å²) in [5, 5.41) is 0. The van der Waals surface area contributed by atoms with Crippen molar-refractivity contribution >= 4 is 18.2 Å². The molecule has 4 nitrogen and oxygen atoms in total. The number of nitrogens with zero attached hydrogens (tertiary/aromatic N) is 2. The number of hydrogen-bond donors (Lipinski definition) is 1. The molecule has 1 aromatic rings. The summed E-state index contributed by atoms with van der Waals surface area (Å²) in [6, 6.07) is 0. The fraction of sp³-hybridized carbons (Fsp3) is 0.692. The number of fused-ring (bicyclic) bond motifs is 1. The largest absolute Gasteiger partial charge is 0.378 e. The zero-order chi connectivity index (χ0) is 12.4. The molecule has 0 radical (unpaired) electrons. The van der Waals surface area contributed by atoms with Gasteiger partial charge in [-0.2, -0.15) is 0 Å². The van der Waals surface area contributed by atoms with Gasteiger partial charge in [0, 0.05) is 24.3 Å². The Labute approximate surface area is 112 Å². The van der Waals surface area contributed by atoms with E-state index in [0.717, 1.165) is 49.7 Å². The summed E-state index contributed by atoms with van der Waals surface area (Å²) in [6.07, 6.45) is 5.98. The van der Waals surface area contributed by atoms with Crippen molar-refractivity contribution in [2.75, 3.05) is 31.2 Å². The highest BCUT2D eigenvalue weighted by atomic mass is 32.1. The Bertz CT molecular complexity index is 480. The van der Waals surface area contributed by atoms with Gasteiger partial charge >= 0.3 is 0 Å². The summed E-state index contributed by atoms with van der Waals surface area (Å²) in [5.41, 5.74) is 2.59. The third-order valence-corrected chi connectivity index (χ3v) is 4.09. The minimum absolute atomic E-state index is 0.777. The number of anilines is 1. The predicted molar refractivity (Wildman–Crippen MR) is 73.7 cm³/mol.